The fourth-order valence-electron chi connectivity index (χ4n) is 2.17. The lowest BCUT2D eigenvalue weighted by Crippen LogP contribution is -2.33. The smallest absolute Gasteiger partial charge is 0.0629 e. The molecule has 4 heteroatoms. The van der Waals surface area contributed by atoms with Crippen molar-refractivity contribution in [1.29, 1.82) is 0 Å². The minimum atomic E-state index is -0.238. The summed E-state index contributed by atoms with van der Waals surface area (Å²) in [5.41, 5.74) is 1.06. The summed E-state index contributed by atoms with van der Waals surface area (Å²) in [5, 5.41) is 14.4. The maximum absolute atomic E-state index is 9.88. The lowest BCUT2D eigenvalue weighted by atomic mass is 9.94. The Balaban J connectivity index is 1.96. The molecule has 2 heterocycles. The number of rotatable bonds is 4. The molecule has 0 amide bonds. The van der Waals surface area contributed by atoms with E-state index in [0.29, 0.717) is 19.3 Å². The maximum atomic E-state index is 9.88. The molecule has 0 aliphatic carbocycles. The van der Waals surface area contributed by atoms with Crippen molar-refractivity contribution in [3.63, 3.8) is 0 Å². The Morgan fingerprint density at radius 2 is 2.47 bits per heavy atom. The second kappa shape index (κ2) is 5.65. The van der Waals surface area contributed by atoms with E-state index >= 15 is 0 Å². The standard InChI is InChI=1S/C13H22N2O2/c1-3-10(2)15-6-4-12(14-15)8-11-9-17-7-5-13(11)16/h4,6,10-11,13,16H,3,5,7-9H2,1-2H3. The van der Waals surface area contributed by atoms with Gasteiger partial charge in [0.15, 0.2) is 0 Å². The Bertz CT molecular complexity index is 351. The molecule has 1 aromatic heterocycles. The number of ether oxygens (including phenoxy) is 1. The zero-order valence-corrected chi connectivity index (χ0v) is 10.7. The SMILES string of the molecule is CCC(C)n1ccc(CC2COCCC2O)n1. The summed E-state index contributed by atoms with van der Waals surface area (Å²) in [5.74, 6) is 0.198. The molecule has 2 rings (SSSR count). The predicted octanol–water partition coefficient (Wildman–Crippen LogP) is 1.79. The molecule has 1 saturated heterocycles. The molecule has 1 aliphatic heterocycles. The molecular formula is C13H22N2O2. The fourth-order valence-corrected chi connectivity index (χ4v) is 2.17. The first kappa shape index (κ1) is 12.6. The van der Waals surface area contributed by atoms with Crippen LogP contribution in [-0.2, 0) is 11.2 Å². The van der Waals surface area contributed by atoms with E-state index in [1.54, 1.807) is 0 Å². The van der Waals surface area contributed by atoms with E-state index < -0.39 is 0 Å². The van der Waals surface area contributed by atoms with Crippen LogP contribution in [0.2, 0.25) is 0 Å². The van der Waals surface area contributed by atoms with Crippen LogP contribution in [0, 0.1) is 5.92 Å². The minimum absolute atomic E-state index is 0.198. The number of aliphatic hydroxyl groups is 1. The predicted molar refractivity (Wildman–Crippen MR) is 65.9 cm³/mol. The highest BCUT2D eigenvalue weighted by Crippen LogP contribution is 2.19. The summed E-state index contributed by atoms with van der Waals surface area (Å²) >= 11 is 0. The zero-order chi connectivity index (χ0) is 12.3. The molecule has 1 fully saturated rings. The summed E-state index contributed by atoms with van der Waals surface area (Å²) in [6.45, 7) is 5.65. The van der Waals surface area contributed by atoms with Crippen molar-refractivity contribution >= 4 is 0 Å². The van der Waals surface area contributed by atoms with Crippen LogP contribution in [0.1, 0.15) is 38.4 Å². The molecule has 96 valence electrons. The summed E-state index contributed by atoms with van der Waals surface area (Å²) in [6, 6.07) is 2.49. The van der Waals surface area contributed by atoms with Crippen LogP contribution < -0.4 is 0 Å². The van der Waals surface area contributed by atoms with E-state index in [4.69, 9.17) is 4.74 Å². The van der Waals surface area contributed by atoms with Gasteiger partial charge in [-0.15, -0.1) is 0 Å². The summed E-state index contributed by atoms with van der Waals surface area (Å²) in [6.07, 6.45) is 4.43. The zero-order valence-electron chi connectivity index (χ0n) is 10.7. The van der Waals surface area contributed by atoms with E-state index in [-0.39, 0.29) is 12.0 Å². The third kappa shape index (κ3) is 3.07. The van der Waals surface area contributed by atoms with Crippen molar-refractivity contribution in [2.45, 2.75) is 45.3 Å². The van der Waals surface area contributed by atoms with Crippen molar-refractivity contribution in [2.24, 2.45) is 5.92 Å². The largest absolute Gasteiger partial charge is 0.393 e. The lowest BCUT2D eigenvalue weighted by molar-refractivity contribution is -0.0354. The van der Waals surface area contributed by atoms with Crippen molar-refractivity contribution in [3.8, 4) is 0 Å². The molecule has 4 nitrogen and oxygen atoms in total. The Morgan fingerprint density at radius 3 is 3.18 bits per heavy atom. The Labute approximate surface area is 103 Å². The van der Waals surface area contributed by atoms with Crippen molar-refractivity contribution < 1.29 is 9.84 Å². The van der Waals surface area contributed by atoms with Crippen LogP contribution >= 0.6 is 0 Å². The van der Waals surface area contributed by atoms with Gasteiger partial charge < -0.3 is 9.84 Å². The van der Waals surface area contributed by atoms with Gasteiger partial charge >= 0.3 is 0 Å². The number of hydrogen-bond donors (Lipinski definition) is 1. The van der Waals surface area contributed by atoms with E-state index in [1.807, 2.05) is 16.9 Å². The van der Waals surface area contributed by atoms with E-state index in [0.717, 1.165) is 25.0 Å². The van der Waals surface area contributed by atoms with Crippen LogP contribution in [-0.4, -0.2) is 34.2 Å². The Kier molecular flexibility index (Phi) is 4.18. The molecule has 0 spiro atoms. The van der Waals surface area contributed by atoms with E-state index in [9.17, 15) is 5.11 Å². The van der Waals surface area contributed by atoms with Crippen LogP contribution in [0.5, 0.6) is 0 Å². The highest BCUT2D eigenvalue weighted by atomic mass is 16.5. The first-order valence-corrected chi connectivity index (χ1v) is 6.50. The van der Waals surface area contributed by atoms with Gasteiger partial charge in [-0.1, -0.05) is 6.92 Å². The molecular weight excluding hydrogens is 216 g/mol. The fraction of sp³-hybridized carbons (Fsp3) is 0.769. The second-order valence-corrected chi connectivity index (χ2v) is 4.94. The van der Waals surface area contributed by atoms with Gasteiger partial charge in [0.05, 0.1) is 18.4 Å². The quantitative estimate of drug-likeness (QED) is 0.870. The molecule has 1 aromatic rings. The van der Waals surface area contributed by atoms with Crippen molar-refractivity contribution in [2.75, 3.05) is 13.2 Å². The van der Waals surface area contributed by atoms with Crippen LogP contribution in [0.4, 0.5) is 0 Å². The summed E-state index contributed by atoms with van der Waals surface area (Å²) < 4.78 is 7.41. The van der Waals surface area contributed by atoms with Gasteiger partial charge in [-0.05, 0) is 32.3 Å². The number of hydrogen-bond acceptors (Lipinski definition) is 3. The lowest BCUT2D eigenvalue weighted by Gasteiger charge is -2.27. The average Bonchev–Trinajstić information content (AvgIpc) is 2.80. The van der Waals surface area contributed by atoms with E-state index in [1.165, 1.54) is 0 Å². The Morgan fingerprint density at radius 1 is 1.65 bits per heavy atom. The van der Waals surface area contributed by atoms with Crippen molar-refractivity contribution in [1.82, 2.24) is 9.78 Å². The van der Waals surface area contributed by atoms with Gasteiger partial charge in [0.1, 0.15) is 0 Å². The molecule has 17 heavy (non-hydrogen) atoms. The number of aliphatic hydroxyl groups excluding tert-OH is 1. The molecule has 0 aromatic carbocycles. The van der Waals surface area contributed by atoms with Crippen LogP contribution in [0.15, 0.2) is 12.3 Å². The Hall–Kier alpha value is -0.870. The average molecular weight is 238 g/mol. The number of aromatic nitrogens is 2. The summed E-state index contributed by atoms with van der Waals surface area (Å²) in [7, 11) is 0. The van der Waals surface area contributed by atoms with Crippen molar-refractivity contribution in [3.05, 3.63) is 18.0 Å². The molecule has 3 unspecified atom stereocenters. The summed E-state index contributed by atoms with van der Waals surface area (Å²) in [4.78, 5) is 0. The molecule has 0 saturated carbocycles. The maximum Gasteiger partial charge on any atom is 0.0629 e. The normalized spacial score (nSPS) is 27.0. The topological polar surface area (TPSA) is 47.3 Å². The number of nitrogens with zero attached hydrogens (tertiary/aromatic N) is 2. The monoisotopic (exact) mass is 238 g/mol. The molecule has 3 atom stereocenters. The van der Waals surface area contributed by atoms with Gasteiger partial charge in [0.2, 0.25) is 0 Å². The van der Waals surface area contributed by atoms with Crippen LogP contribution in [0.25, 0.3) is 0 Å². The minimum Gasteiger partial charge on any atom is -0.393 e. The molecule has 0 bridgehead atoms. The second-order valence-electron chi connectivity index (χ2n) is 4.94. The van der Waals surface area contributed by atoms with Gasteiger partial charge in [-0.25, -0.2) is 0 Å². The highest BCUT2D eigenvalue weighted by Gasteiger charge is 2.24. The van der Waals surface area contributed by atoms with Gasteiger partial charge in [0.25, 0.3) is 0 Å². The molecule has 1 aliphatic rings. The van der Waals surface area contributed by atoms with Gasteiger partial charge in [-0.3, -0.25) is 4.68 Å². The molecule has 1 N–H and O–H groups in total. The third-order valence-corrected chi connectivity index (χ3v) is 3.61. The molecule has 0 radical (unpaired) electrons. The van der Waals surface area contributed by atoms with E-state index in [2.05, 4.69) is 18.9 Å². The highest BCUT2D eigenvalue weighted by molar-refractivity contribution is 5.02. The first-order valence-electron chi connectivity index (χ1n) is 6.50. The third-order valence-electron chi connectivity index (χ3n) is 3.61. The van der Waals surface area contributed by atoms with Gasteiger partial charge in [0, 0.05) is 24.8 Å². The van der Waals surface area contributed by atoms with Gasteiger partial charge in [-0.2, -0.15) is 5.10 Å². The van der Waals surface area contributed by atoms with Crippen LogP contribution in [0.3, 0.4) is 0 Å². The first-order chi connectivity index (χ1) is 8.20.